The monoisotopic (exact) mass is 645 g/mol. The lowest BCUT2D eigenvalue weighted by molar-refractivity contribution is -0.139. The summed E-state index contributed by atoms with van der Waals surface area (Å²) in [5, 5.41) is 23.0. The fraction of sp³-hybridized carbons (Fsp3) is 0.594. The molecule has 2 aromatic rings. The maximum absolute atomic E-state index is 13.2. The molecule has 2 saturated heterocycles. The number of ether oxygens (including phenoxy) is 1. The summed E-state index contributed by atoms with van der Waals surface area (Å²) in [6.07, 6.45) is 7.92. The number of rotatable bonds is 16. The Morgan fingerprint density at radius 3 is 2.04 bits per heavy atom. The van der Waals surface area contributed by atoms with Crippen molar-refractivity contribution >= 4 is 38.6 Å². The van der Waals surface area contributed by atoms with E-state index in [4.69, 9.17) is 4.74 Å². The average molecular weight is 646 g/mol. The van der Waals surface area contributed by atoms with E-state index >= 15 is 0 Å². The van der Waals surface area contributed by atoms with E-state index in [2.05, 4.69) is 26.0 Å². The summed E-state index contributed by atoms with van der Waals surface area (Å²) >= 11 is 0. The molecule has 248 valence electrons. The number of carboxylic acid groups (broad SMARTS) is 1. The zero-order valence-corrected chi connectivity index (χ0v) is 26.8. The van der Waals surface area contributed by atoms with Gasteiger partial charge < -0.3 is 31.1 Å². The minimum absolute atomic E-state index is 0.106. The summed E-state index contributed by atoms with van der Waals surface area (Å²) in [6, 6.07) is 8.00. The Labute approximate surface area is 265 Å². The number of carbonyl (C=O) groups is 3. The van der Waals surface area contributed by atoms with Crippen LogP contribution in [0.4, 0.5) is 0 Å². The highest BCUT2D eigenvalue weighted by Crippen LogP contribution is 2.27. The Kier molecular flexibility index (Phi) is 13.0. The number of nitrogens with one attached hydrogen (secondary N) is 5. The van der Waals surface area contributed by atoms with Crippen LogP contribution in [0.2, 0.25) is 0 Å². The van der Waals surface area contributed by atoms with Gasteiger partial charge in [-0.2, -0.15) is 4.72 Å². The molecule has 0 bridgehead atoms. The number of methoxy groups -OCH3 is 1. The van der Waals surface area contributed by atoms with Crippen molar-refractivity contribution in [2.45, 2.75) is 62.3 Å². The number of fused-ring (bicyclic) bond motifs is 1. The molecule has 0 aromatic heterocycles. The van der Waals surface area contributed by atoms with Crippen LogP contribution in [0.15, 0.2) is 41.3 Å². The van der Waals surface area contributed by atoms with Gasteiger partial charge in [0, 0.05) is 12.5 Å². The molecule has 12 nitrogen and oxygen atoms in total. The van der Waals surface area contributed by atoms with Gasteiger partial charge in [0.05, 0.1) is 18.6 Å². The quantitative estimate of drug-likeness (QED) is 0.160. The average Bonchev–Trinajstić information content (AvgIpc) is 3.05. The maximum Gasteiger partial charge on any atom is 0.323 e. The number of hydrogen-bond donors (Lipinski definition) is 6. The van der Waals surface area contributed by atoms with Gasteiger partial charge in [-0.15, -0.1) is 0 Å². The number of hydrogen-bond acceptors (Lipinski definition) is 8. The normalized spacial score (nSPS) is 17.2. The van der Waals surface area contributed by atoms with Crippen molar-refractivity contribution < 1.29 is 32.6 Å². The molecule has 1 atom stereocenters. The molecule has 2 amide bonds. The Morgan fingerprint density at radius 1 is 0.889 bits per heavy atom. The van der Waals surface area contributed by atoms with Crippen LogP contribution in [-0.4, -0.2) is 83.7 Å². The van der Waals surface area contributed by atoms with Crippen LogP contribution in [0.5, 0.6) is 5.75 Å². The number of carbonyl (C=O) groups excluding carboxylic acids is 2. The van der Waals surface area contributed by atoms with Crippen LogP contribution >= 0.6 is 0 Å². The highest BCUT2D eigenvalue weighted by atomic mass is 32.2. The predicted molar refractivity (Wildman–Crippen MR) is 171 cm³/mol. The second-order valence-corrected chi connectivity index (χ2v) is 13.9. The van der Waals surface area contributed by atoms with Gasteiger partial charge in [0.15, 0.2) is 0 Å². The van der Waals surface area contributed by atoms with E-state index in [0.29, 0.717) is 23.0 Å². The Bertz CT molecular complexity index is 1390. The summed E-state index contributed by atoms with van der Waals surface area (Å²) in [4.78, 5) is 37.6. The largest absolute Gasteiger partial charge is 0.497 e. The lowest BCUT2D eigenvalue weighted by Crippen LogP contribution is -2.50. The number of amides is 2. The molecule has 2 fully saturated rings. The zero-order valence-electron chi connectivity index (χ0n) is 26.0. The minimum atomic E-state index is -4.22. The molecular formula is C32H47N5O7S. The number of aliphatic carboxylic acids is 1. The number of carboxylic acids is 1. The van der Waals surface area contributed by atoms with Gasteiger partial charge in [-0.1, -0.05) is 12.1 Å². The molecule has 0 spiro atoms. The van der Waals surface area contributed by atoms with Crippen molar-refractivity contribution in [3.05, 3.63) is 36.4 Å². The number of sulfonamides is 1. The smallest absolute Gasteiger partial charge is 0.323 e. The lowest BCUT2D eigenvalue weighted by atomic mass is 9.84. The molecule has 0 unspecified atom stereocenters. The van der Waals surface area contributed by atoms with Crippen molar-refractivity contribution in [3.8, 4) is 5.75 Å². The molecule has 2 aliphatic heterocycles. The molecule has 0 aliphatic carbocycles. The minimum Gasteiger partial charge on any atom is -0.497 e. The Balaban J connectivity index is 1.28. The van der Waals surface area contributed by atoms with Crippen LogP contribution in [0.25, 0.3) is 10.8 Å². The van der Waals surface area contributed by atoms with Crippen molar-refractivity contribution in [1.29, 1.82) is 0 Å². The number of piperidine rings is 2. The van der Waals surface area contributed by atoms with E-state index in [9.17, 15) is 27.9 Å². The third-order valence-corrected chi connectivity index (χ3v) is 10.5. The molecular weight excluding hydrogens is 598 g/mol. The van der Waals surface area contributed by atoms with Crippen LogP contribution in [-0.2, 0) is 24.4 Å². The highest BCUT2D eigenvalue weighted by Gasteiger charge is 2.27. The second-order valence-electron chi connectivity index (χ2n) is 12.1. The van der Waals surface area contributed by atoms with E-state index in [-0.39, 0.29) is 23.3 Å². The summed E-state index contributed by atoms with van der Waals surface area (Å²) < 4.78 is 33.4. The van der Waals surface area contributed by atoms with E-state index in [1.54, 1.807) is 24.3 Å². The summed E-state index contributed by atoms with van der Waals surface area (Å²) in [5.74, 6) is -0.578. The van der Waals surface area contributed by atoms with E-state index in [1.165, 1.54) is 19.2 Å². The molecule has 2 heterocycles. The van der Waals surface area contributed by atoms with E-state index in [0.717, 1.165) is 82.9 Å². The first-order chi connectivity index (χ1) is 21.6. The third kappa shape index (κ3) is 10.7. The first-order valence-corrected chi connectivity index (χ1v) is 17.4. The fourth-order valence-electron chi connectivity index (χ4n) is 6.14. The molecule has 6 N–H and O–H groups in total. The van der Waals surface area contributed by atoms with Gasteiger partial charge in [0.25, 0.3) is 0 Å². The Hall–Kier alpha value is -3.26. The van der Waals surface area contributed by atoms with Gasteiger partial charge in [0.2, 0.25) is 21.8 Å². The maximum atomic E-state index is 13.2. The van der Waals surface area contributed by atoms with Crippen LogP contribution in [0.1, 0.15) is 51.4 Å². The molecule has 2 aromatic carbocycles. The molecule has 13 heteroatoms. The van der Waals surface area contributed by atoms with Crippen molar-refractivity contribution in [2.24, 2.45) is 17.8 Å². The first kappa shape index (κ1) is 34.6. The molecule has 0 radical (unpaired) electrons. The Morgan fingerprint density at radius 2 is 1.47 bits per heavy atom. The standard InChI is InChI=1S/C32H47N5O7S/c1-44-27-8-6-26-19-28(9-7-25(26)18-27)45(42,43)37-29(32(40)41)20-35-30(38)21-36-31(39)24(4-2-22-10-14-33-15-11-22)5-3-23-12-16-34-17-13-23/h6-9,18-19,22-24,29,33-34,37H,2-5,10-17,20-21H2,1H3,(H,35,38)(H,36,39)(H,40,41)/t29-/m0/s1. The third-order valence-electron chi connectivity index (χ3n) is 8.99. The molecule has 4 rings (SSSR count). The molecule has 45 heavy (non-hydrogen) atoms. The molecule has 2 aliphatic rings. The number of benzene rings is 2. The van der Waals surface area contributed by atoms with Crippen molar-refractivity contribution in [3.63, 3.8) is 0 Å². The topological polar surface area (TPSA) is 175 Å². The van der Waals surface area contributed by atoms with Gasteiger partial charge in [-0.05, 0) is 124 Å². The van der Waals surface area contributed by atoms with Crippen LogP contribution in [0.3, 0.4) is 0 Å². The van der Waals surface area contributed by atoms with Gasteiger partial charge in [-0.25, -0.2) is 8.42 Å². The SMILES string of the molecule is COc1ccc2cc(S(=O)(=O)N[C@@H](CNC(=O)CNC(=O)C(CCC3CCNCC3)CCC3CCNCC3)C(=O)O)ccc2c1. The summed E-state index contributed by atoms with van der Waals surface area (Å²) in [7, 11) is -2.68. The fourth-order valence-corrected chi connectivity index (χ4v) is 7.37. The van der Waals surface area contributed by atoms with Gasteiger partial charge in [-0.3, -0.25) is 14.4 Å². The van der Waals surface area contributed by atoms with Crippen LogP contribution in [0, 0.1) is 17.8 Å². The van der Waals surface area contributed by atoms with Gasteiger partial charge >= 0.3 is 5.97 Å². The second kappa shape index (κ2) is 16.9. The summed E-state index contributed by atoms with van der Waals surface area (Å²) in [6.45, 7) is 3.21. The predicted octanol–water partition coefficient (Wildman–Crippen LogP) is 1.99. The van der Waals surface area contributed by atoms with Crippen molar-refractivity contribution in [2.75, 3.05) is 46.4 Å². The van der Waals surface area contributed by atoms with E-state index < -0.39 is 34.5 Å². The van der Waals surface area contributed by atoms with Gasteiger partial charge in [0.1, 0.15) is 11.8 Å². The summed E-state index contributed by atoms with van der Waals surface area (Å²) in [5.41, 5.74) is 0. The van der Waals surface area contributed by atoms with Crippen LogP contribution < -0.4 is 30.7 Å². The first-order valence-electron chi connectivity index (χ1n) is 15.9. The van der Waals surface area contributed by atoms with E-state index in [1.807, 2.05) is 0 Å². The molecule has 0 saturated carbocycles. The lowest BCUT2D eigenvalue weighted by Gasteiger charge is -2.27. The zero-order chi connectivity index (χ0) is 32.2. The van der Waals surface area contributed by atoms with Crippen molar-refractivity contribution in [1.82, 2.24) is 26.0 Å². The highest BCUT2D eigenvalue weighted by molar-refractivity contribution is 7.89.